The molecule has 19 heavy (non-hydrogen) atoms. The van der Waals surface area contributed by atoms with Gasteiger partial charge in [-0.05, 0) is 31.6 Å². The van der Waals surface area contributed by atoms with Crippen LogP contribution in [0.4, 0.5) is 11.4 Å². The maximum atomic E-state index is 10.8. The molecule has 1 aromatic carbocycles. The predicted molar refractivity (Wildman–Crippen MR) is 73.7 cm³/mol. The predicted octanol–water partition coefficient (Wildman–Crippen LogP) is 3.27. The van der Waals surface area contributed by atoms with Crippen LogP contribution < -0.4 is 5.73 Å². The zero-order chi connectivity index (χ0) is 13.8. The highest BCUT2D eigenvalue weighted by Gasteiger charge is 2.20. The van der Waals surface area contributed by atoms with E-state index in [-0.39, 0.29) is 17.5 Å². The summed E-state index contributed by atoms with van der Waals surface area (Å²) in [5.41, 5.74) is 6.68. The van der Waals surface area contributed by atoms with Gasteiger partial charge in [0.2, 0.25) is 0 Å². The molecule has 0 amide bonds. The van der Waals surface area contributed by atoms with Crippen molar-refractivity contribution in [2.24, 2.45) is 5.92 Å². The van der Waals surface area contributed by atoms with Crippen LogP contribution in [0.3, 0.4) is 0 Å². The summed E-state index contributed by atoms with van der Waals surface area (Å²) in [6.45, 7) is 2.61. The van der Waals surface area contributed by atoms with Gasteiger partial charge in [0.05, 0.1) is 17.6 Å². The van der Waals surface area contributed by atoms with E-state index in [0.717, 1.165) is 18.8 Å². The summed E-state index contributed by atoms with van der Waals surface area (Å²) in [6, 6.07) is 4.85. The molecule has 1 fully saturated rings. The monoisotopic (exact) mass is 264 g/mol. The van der Waals surface area contributed by atoms with E-state index in [1.165, 1.54) is 18.9 Å². The van der Waals surface area contributed by atoms with E-state index < -0.39 is 4.92 Å². The fourth-order valence-corrected chi connectivity index (χ4v) is 2.49. The van der Waals surface area contributed by atoms with Gasteiger partial charge in [0.25, 0.3) is 5.69 Å². The highest BCUT2D eigenvalue weighted by molar-refractivity contribution is 5.62. The summed E-state index contributed by atoms with van der Waals surface area (Å²) in [5.74, 6) is 0.780. The molecule has 0 atom stereocenters. The lowest BCUT2D eigenvalue weighted by atomic mass is 9.89. The van der Waals surface area contributed by atoms with E-state index in [9.17, 15) is 10.1 Å². The largest absolute Gasteiger partial charge is 0.393 e. The number of nitrogens with two attached hydrogens (primary N) is 1. The Morgan fingerprint density at radius 3 is 2.68 bits per heavy atom. The number of nitro groups is 1. The molecular weight excluding hydrogens is 244 g/mol. The second kappa shape index (κ2) is 6.02. The molecule has 0 unspecified atom stereocenters. The first-order valence-electron chi connectivity index (χ1n) is 6.71. The molecule has 0 spiro atoms. The maximum absolute atomic E-state index is 10.8. The second-order valence-corrected chi connectivity index (χ2v) is 5.30. The Balaban J connectivity index is 1.96. The van der Waals surface area contributed by atoms with Crippen molar-refractivity contribution in [2.45, 2.75) is 45.3 Å². The van der Waals surface area contributed by atoms with E-state index in [1.807, 2.05) is 0 Å². The van der Waals surface area contributed by atoms with E-state index in [2.05, 4.69) is 6.92 Å². The Morgan fingerprint density at radius 1 is 1.37 bits per heavy atom. The van der Waals surface area contributed by atoms with Gasteiger partial charge in [-0.1, -0.05) is 19.1 Å². The first kappa shape index (κ1) is 13.8. The summed E-state index contributed by atoms with van der Waals surface area (Å²) in [4.78, 5) is 10.3. The highest BCUT2D eigenvalue weighted by Crippen LogP contribution is 2.29. The van der Waals surface area contributed by atoms with Crippen molar-refractivity contribution >= 4 is 11.4 Å². The molecule has 1 aromatic rings. The van der Waals surface area contributed by atoms with Crippen LogP contribution in [-0.2, 0) is 11.3 Å². The minimum Gasteiger partial charge on any atom is -0.393 e. The number of hydrogen-bond acceptors (Lipinski definition) is 4. The smallest absolute Gasteiger partial charge is 0.292 e. The molecule has 1 aliphatic carbocycles. The zero-order valence-electron chi connectivity index (χ0n) is 11.2. The Bertz CT molecular complexity index is 454. The van der Waals surface area contributed by atoms with Crippen molar-refractivity contribution in [3.8, 4) is 0 Å². The number of nitrogen functional groups attached to an aromatic ring is 1. The van der Waals surface area contributed by atoms with Crippen LogP contribution in [0, 0.1) is 16.0 Å². The van der Waals surface area contributed by atoms with Gasteiger partial charge in [-0.25, -0.2) is 0 Å². The van der Waals surface area contributed by atoms with Gasteiger partial charge in [0, 0.05) is 11.6 Å². The quantitative estimate of drug-likeness (QED) is 0.514. The summed E-state index contributed by atoms with van der Waals surface area (Å²) < 4.78 is 5.83. The van der Waals surface area contributed by atoms with E-state index >= 15 is 0 Å². The number of nitro benzene ring substituents is 1. The van der Waals surface area contributed by atoms with Gasteiger partial charge in [-0.15, -0.1) is 0 Å². The fourth-order valence-electron chi connectivity index (χ4n) is 2.49. The number of anilines is 1. The molecule has 2 N–H and O–H groups in total. The van der Waals surface area contributed by atoms with E-state index in [0.29, 0.717) is 12.2 Å². The number of benzene rings is 1. The molecule has 104 valence electrons. The van der Waals surface area contributed by atoms with Crippen LogP contribution in [0.15, 0.2) is 18.2 Å². The van der Waals surface area contributed by atoms with Gasteiger partial charge < -0.3 is 10.5 Å². The number of hydrogen-bond donors (Lipinski definition) is 1. The minimum absolute atomic E-state index is 0.0432. The summed E-state index contributed by atoms with van der Waals surface area (Å²) in [7, 11) is 0. The van der Waals surface area contributed by atoms with Crippen molar-refractivity contribution in [3.05, 3.63) is 33.9 Å². The third kappa shape index (κ3) is 3.44. The SMILES string of the molecule is CC1CCC(OCc2cccc([N+](=O)[O-])c2N)CC1. The summed E-state index contributed by atoms with van der Waals surface area (Å²) >= 11 is 0. The van der Waals surface area contributed by atoms with E-state index in [4.69, 9.17) is 10.5 Å². The average Bonchev–Trinajstić information content (AvgIpc) is 2.39. The normalized spacial score (nSPS) is 23.2. The van der Waals surface area contributed by atoms with Gasteiger partial charge in [-0.2, -0.15) is 0 Å². The lowest BCUT2D eigenvalue weighted by Crippen LogP contribution is -2.20. The fraction of sp³-hybridized carbons (Fsp3) is 0.571. The molecule has 0 radical (unpaired) electrons. The molecule has 1 aliphatic rings. The average molecular weight is 264 g/mol. The summed E-state index contributed by atoms with van der Waals surface area (Å²) in [6.07, 6.45) is 4.77. The van der Waals surface area contributed by atoms with Crippen molar-refractivity contribution in [1.82, 2.24) is 0 Å². The van der Waals surface area contributed by atoms with Crippen molar-refractivity contribution < 1.29 is 9.66 Å². The van der Waals surface area contributed by atoms with Crippen LogP contribution in [0.2, 0.25) is 0 Å². The molecule has 0 saturated heterocycles. The highest BCUT2D eigenvalue weighted by atomic mass is 16.6. The molecule has 0 aromatic heterocycles. The van der Waals surface area contributed by atoms with Crippen molar-refractivity contribution in [3.63, 3.8) is 0 Å². The Morgan fingerprint density at radius 2 is 2.05 bits per heavy atom. The summed E-state index contributed by atoms with van der Waals surface area (Å²) in [5, 5.41) is 10.8. The number of ether oxygens (including phenoxy) is 1. The standard InChI is InChI=1S/C14H20N2O3/c1-10-5-7-12(8-6-10)19-9-11-3-2-4-13(14(11)15)16(17)18/h2-4,10,12H,5-9,15H2,1H3. The van der Waals surface area contributed by atoms with E-state index in [1.54, 1.807) is 12.1 Å². The lowest BCUT2D eigenvalue weighted by molar-refractivity contribution is -0.384. The second-order valence-electron chi connectivity index (χ2n) is 5.30. The van der Waals surface area contributed by atoms with Crippen LogP contribution >= 0.6 is 0 Å². The Hall–Kier alpha value is -1.62. The zero-order valence-corrected chi connectivity index (χ0v) is 11.2. The third-order valence-electron chi connectivity index (χ3n) is 3.81. The Labute approximate surface area is 112 Å². The van der Waals surface area contributed by atoms with Crippen LogP contribution in [0.1, 0.15) is 38.2 Å². The lowest BCUT2D eigenvalue weighted by Gasteiger charge is -2.26. The molecule has 0 heterocycles. The van der Waals surface area contributed by atoms with Gasteiger partial charge in [0.1, 0.15) is 5.69 Å². The molecule has 1 saturated carbocycles. The topological polar surface area (TPSA) is 78.4 Å². The molecule has 5 heteroatoms. The van der Waals surface area contributed by atoms with Crippen molar-refractivity contribution in [1.29, 1.82) is 0 Å². The van der Waals surface area contributed by atoms with Crippen LogP contribution in [-0.4, -0.2) is 11.0 Å². The Kier molecular flexibility index (Phi) is 4.37. The van der Waals surface area contributed by atoms with Gasteiger partial charge in [0.15, 0.2) is 0 Å². The minimum atomic E-state index is -0.457. The molecule has 5 nitrogen and oxygen atoms in total. The molecule has 0 aliphatic heterocycles. The van der Waals surface area contributed by atoms with Crippen molar-refractivity contribution in [2.75, 3.05) is 5.73 Å². The molecular formula is C14H20N2O3. The first-order chi connectivity index (χ1) is 9.08. The molecule has 2 rings (SSSR count). The number of para-hydroxylation sites is 1. The first-order valence-corrected chi connectivity index (χ1v) is 6.71. The van der Waals surface area contributed by atoms with Gasteiger partial charge >= 0.3 is 0 Å². The number of rotatable bonds is 4. The number of nitrogens with zero attached hydrogens (tertiary/aromatic N) is 1. The van der Waals surface area contributed by atoms with Crippen LogP contribution in [0.25, 0.3) is 0 Å². The third-order valence-corrected chi connectivity index (χ3v) is 3.81. The van der Waals surface area contributed by atoms with Gasteiger partial charge in [-0.3, -0.25) is 10.1 Å². The van der Waals surface area contributed by atoms with Crippen LogP contribution in [0.5, 0.6) is 0 Å². The molecule has 0 bridgehead atoms. The maximum Gasteiger partial charge on any atom is 0.292 e.